The van der Waals surface area contributed by atoms with Crippen molar-refractivity contribution in [2.45, 2.75) is 13.0 Å². The predicted octanol–water partition coefficient (Wildman–Crippen LogP) is -0.346. The Morgan fingerprint density at radius 3 is 1.53 bits per heavy atom. The van der Waals surface area contributed by atoms with Crippen LogP contribution in [-0.4, -0.2) is 72.7 Å². The Morgan fingerprint density at radius 2 is 1.53 bits per heavy atom. The summed E-state index contributed by atoms with van der Waals surface area (Å²) >= 11 is 0. The third-order valence-corrected chi connectivity index (χ3v) is 1.58. The van der Waals surface area contributed by atoms with E-state index in [9.17, 15) is 9.59 Å². The van der Waals surface area contributed by atoms with Gasteiger partial charge in [-0.1, -0.05) is 0 Å². The standard InChI is InChI=1S/C5H11NO2.C4H9NO2/c1-4(5(7)8)6(2)3;1-5(2)3-4(6)7/h4H,1-3H3,(H,7,8);3H2,1-2H3,(H,6,7). The summed E-state index contributed by atoms with van der Waals surface area (Å²) in [6.45, 7) is 1.75. The number of nitrogens with zero attached hydrogens (tertiary/aromatic N) is 2. The van der Waals surface area contributed by atoms with Crippen molar-refractivity contribution < 1.29 is 19.8 Å². The smallest absolute Gasteiger partial charge is 0.320 e. The molecule has 0 aromatic carbocycles. The van der Waals surface area contributed by atoms with Gasteiger partial charge in [-0.25, -0.2) is 0 Å². The molecule has 0 fully saturated rings. The lowest BCUT2D eigenvalue weighted by molar-refractivity contribution is -0.141. The Labute approximate surface area is 90.1 Å². The van der Waals surface area contributed by atoms with Crippen LogP contribution >= 0.6 is 0 Å². The van der Waals surface area contributed by atoms with E-state index >= 15 is 0 Å². The molecular weight excluding hydrogens is 200 g/mol. The number of likely N-dealkylation sites (N-methyl/N-ethyl adjacent to an activating group) is 2. The van der Waals surface area contributed by atoms with Crippen molar-refractivity contribution in [2.75, 3.05) is 34.7 Å². The van der Waals surface area contributed by atoms with E-state index in [0.29, 0.717) is 0 Å². The van der Waals surface area contributed by atoms with E-state index in [0.717, 1.165) is 0 Å². The molecule has 0 spiro atoms. The third kappa shape index (κ3) is 12.9. The highest BCUT2D eigenvalue weighted by atomic mass is 16.4. The first-order valence-corrected chi connectivity index (χ1v) is 4.44. The molecule has 0 bridgehead atoms. The zero-order chi connectivity index (χ0) is 12.6. The van der Waals surface area contributed by atoms with Crippen molar-refractivity contribution in [3.8, 4) is 0 Å². The second-order valence-corrected chi connectivity index (χ2v) is 3.61. The zero-order valence-electron chi connectivity index (χ0n) is 9.89. The average molecular weight is 220 g/mol. The predicted molar refractivity (Wildman–Crippen MR) is 57.0 cm³/mol. The summed E-state index contributed by atoms with van der Waals surface area (Å²) in [6.07, 6.45) is 0. The number of hydrogen-bond acceptors (Lipinski definition) is 4. The van der Waals surface area contributed by atoms with Crippen LogP contribution in [0.15, 0.2) is 0 Å². The summed E-state index contributed by atoms with van der Waals surface area (Å²) in [4.78, 5) is 23.1. The summed E-state index contributed by atoms with van der Waals surface area (Å²) in [7, 11) is 6.90. The Balaban J connectivity index is 0. The second-order valence-electron chi connectivity index (χ2n) is 3.61. The molecule has 0 aromatic heterocycles. The molecule has 0 rings (SSSR count). The fraction of sp³-hybridized carbons (Fsp3) is 0.778. The van der Waals surface area contributed by atoms with Crippen molar-refractivity contribution >= 4 is 11.9 Å². The van der Waals surface area contributed by atoms with Gasteiger partial charge in [0, 0.05) is 0 Å². The van der Waals surface area contributed by atoms with Crippen LogP contribution in [0.3, 0.4) is 0 Å². The van der Waals surface area contributed by atoms with E-state index in [1.54, 1.807) is 44.9 Å². The van der Waals surface area contributed by atoms with Crippen LogP contribution in [-0.2, 0) is 9.59 Å². The monoisotopic (exact) mass is 220 g/mol. The molecule has 0 aliphatic rings. The van der Waals surface area contributed by atoms with Gasteiger partial charge in [-0.2, -0.15) is 0 Å². The van der Waals surface area contributed by atoms with E-state index in [1.807, 2.05) is 0 Å². The molecule has 0 radical (unpaired) electrons. The maximum Gasteiger partial charge on any atom is 0.320 e. The Kier molecular flexibility index (Phi) is 8.90. The van der Waals surface area contributed by atoms with E-state index in [4.69, 9.17) is 10.2 Å². The number of aliphatic carboxylic acids is 2. The first kappa shape index (κ1) is 16.3. The molecule has 0 amide bonds. The summed E-state index contributed by atoms with van der Waals surface area (Å²) in [5.41, 5.74) is 0. The molecule has 1 unspecified atom stereocenters. The van der Waals surface area contributed by atoms with E-state index in [1.165, 1.54) is 0 Å². The molecule has 90 valence electrons. The maximum atomic E-state index is 10.1. The molecule has 0 saturated carbocycles. The van der Waals surface area contributed by atoms with Gasteiger partial charge in [0.15, 0.2) is 0 Å². The number of carboxylic acids is 2. The van der Waals surface area contributed by atoms with Gasteiger partial charge >= 0.3 is 11.9 Å². The van der Waals surface area contributed by atoms with Gasteiger partial charge in [0.05, 0.1) is 6.54 Å². The lowest BCUT2D eigenvalue weighted by Gasteiger charge is -2.13. The fourth-order valence-electron chi connectivity index (χ4n) is 0.491. The number of carbonyl (C=O) groups is 2. The highest BCUT2D eigenvalue weighted by Gasteiger charge is 2.11. The minimum absolute atomic E-state index is 0.111. The summed E-state index contributed by atoms with van der Waals surface area (Å²) < 4.78 is 0. The van der Waals surface area contributed by atoms with Crippen LogP contribution in [0.4, 0.5) is 0 Å². The van der Waals surface area contributed by atoms with Gasteiger partial charge in [-0.15, -0.1) is 0 Å². The first-order chi connectivity index (χ1) is 6.68. The third-order valence-electron chi connectivity index (χ3n) is 1.58. The van der Waals surface area contributed by atoms with Gasteiger partial charge in [0.2, 0.25) is 0 Å². The van der Waals surface area contributed by atoms with Gasteiger partial charge in [0.25, 0.3) is 0 Å². The molecular formula is C9H20N2O4. The largest absolute Gasteiger partial charge is 0.480 e. The molecule has 0 aliphatic carbocycles. The Morgan fingerprint density at radius 1 is 1.13 bits per heavy atom. The second kappa shape index (κ2) is 8.19. The molecule has 6 nitrogen and oxygen atoms in total. The van der Waals surface area contributed by atoms with Crippen LogP contribution in [0.1, 0.15) is 6.92 Å². The quantitative estimate of drug-likeness (QED) is 0.674. The van der Waals surface area contributed by atoms with Gasteiger partial charge in [-0.05, 0) is 35.1 Å². The summed E-state index contributed by atoms with van der Waals surface area (Å²) in [5.74, 6) is -1.57. The Hall–Kier alpha value is -1.14. The number of rotatable bonds is 4. The lowest BCUT2D eigenvalue weighted by Crippen LogP contribution is -2.32. The van der Waals surface area contributed by atoms with Gasteiger partial charge < -0.3 is 10.2 Å². The maximum absolute atomic E-state index is 10.1. The van der Waals surface area contributed by atoms with Crippen LogP contribution in [0, 0.1) is 0 Å². The molecule has 0 saturated heterocycles. The van der Waals surface area contributed by atoms with Gasteiger partial charge in [-0.3, -0.25) is 19.4 Å². The highest BCUT2D eigenvalue weighted by molar-refractivity contribution is 5.72. The van der Waals surface area contributed by atoms with Crippen LogP contribution in [0.2, 0.25) is 0 Å². The molecule has 0 heterocycles. The SMILES string of the molecule is CC(C(=O)O)N(C)C.CN(C)CC(=O)O. The summed E-state index contributed by atoms with van der Waals surface area (Å²) in [6, 6.07) is -0.380. The normalized spacial score (nSPS) is 11.9. The van der Waals surface area contributed by atoms with Crippen molar-refractivity contribution in [3.05, 3.63) is 0 Å². The van der Waals surface area contributed by atoms with Crippen LogP contribution < -0.4 is 0 Å². The first-order valence-electron chi connectivity index (χ1n) is 4.44. The van der Waals surface area contributed by atoms with Crippen molar-refractivity contribution in [1.29, 1.82) is 0 Å². The van der Waals surface area contributed by atoms with Crippen LogP contribution in [0.5, 0.6) is 0 Å². The number of hydrogen-bond donors (Lipinski definition) is 2. The molecule has 6 heteroatoms. The van der Waals surface area contributed by atoms with E-state index in [2.05, 4.69) is 0 Å². The minimum atomic E-state index is -0.787. The fourth-order valence-corrected chi connectivity index (χ4v) is 0.491. The van der Waals surface area contributed by atoms with Crippen molar-refractivity contribution in [1.82, 2.24) is 9.80 Å². The topological polar surface area (TPSA) is 81.1 Å². The molecule has 0 aromatic rings. The molecule has 1 atom stereocenters. The van der Waals surface area contributed by atoms with Crippen molar-refractivity contribution in [2.24, 2.45) is 0 Å². The minimum Gasteiger partial charge on any atom is -0.480 e. The van der Waals surface area contributed by atoms with Crippen molar-refractivity contribution in [3.63, 3.8) is 0 Å². The molecule has 0 aliphatic heterocycles. The van der Waals surface area contributed by atoms with E-state index in [-0.39, 0.29) is 12.6 Å². The highest BCUT2D eigenvalue weighted by Crippen LogP contribution is 1.88. The molecule has 15 heavy (non-hydrogen) atoms. The lowest BCUT2D eigenvalue weighted by atomic mass is 10.3. The average Bonchev–Trinajstić information content (AvgIpc) is 2.00. The van der Waals surface area contributed by atoms with Gasteiger partial charge in [0.1, 0.15) is 6.04 Å². The number of carboxylic acid groups (broad SMARTS) is 2. The van der Waals surface area contributed by atoms with E-state index < -0.39 is 11.9 Å². The zero-order valence-corrected chi connectivity index (χ0v) is 9.89. The molecule has 2 N–H and O–H groups in total. The Bertz CT molecular complexity index is 204. The summed E-state index contributed by atoms with van der Waals surface area (Å²) in [5, 5.41) is 16.4. The van der Waals surface area contributed by atoms with Crippen LogP contribution in [0.25, 0.3) is 0 Å².